The summed E-state index contributed by atoms with van der Waals surface area (Å²) in [6, 6.07) is 15.5. The highest BCUT2D eigenvalue weighted by Crippen LogP contribution is 2.23. The molecule has 0 unspecified atom stereocenters. The third-order valence-corrected chi connectivity index (χ3v) is 5.09. The highest BCUT2D eigenvalue weighted by atomic mass is 16.5. The van der Waals surface area contributed by atoms with E-state index in [1.165, 1.54) is 5.56 Å². The van der Waals surface area contributed by atoms with Crippen LogP contribution in [0.4, 0.5) is 5.69 Å². The maximum atomic E-state index is 12.6. The summed E-state index contributed by atoms with van der Waals surface area (Å²) in [5, 5.41) is 2.90. The van der Waals surface area contributed by atoms with Crippen LogP contribution in [-0.4, -0.2) is 29.9 Å². The van der Waals surface area contributed by atoms with Gasteiger partial charge < -0.3 is 15.0 Å². The van der Waals surface area contributed by atoms with E-state index < -0.39 is 0 Å². The zero-order chi connectivity index (χ0) is 20.8. The van der Waals surface area contributed by atoms with Gasteiger partial charge in [0, 0.05) is 25.2 Å². The second-order valence-electron chi connectivity index (χ2n) is 7.68. The monoisotopic (exact) mass is 392 g/mol. The van der Waals surface area contributed by atoms with Gasteiger partial charge in [-0.25, -0.2) is 0 Å². The van der Waals surface area contributed by atoms with Crippen molar-refractivity contribution >= 4 is 17.5 Å². The summed E-state index contributed by atoms with van der Waals surface area (Å²) in [7, 11) is 0. The van der Waals surface area contributed by atoms with Gasteiger partial charge in [0.2, 0.25) is 11.8 Å². The molecule has 0 bridgehead atoms. The molecule has 1 N–H and O–H groups in total. The molecule has 0 aliphatic carbocycles. The molecular weight excluding hydrogens is 364 g/mol. The molecule has 5 heteroatoms. The van der Waals surface area contributed by atoms with E-state index in [1.54, 1.807) is 35.2 Å². The zero-order valence-electron chi connectivity index (χ0n) is 17.1. The molecule has 5 nitrogen and oxygen atoms in total. The molecule has 2 aromatic carbocycles. The van der Waals surface area contributed by atoms with Crippen LogP contribution in [0.2, 0.25) is 0 Å². The van der Waals surface area contributed by atoms with Crippen LogP contribution in [0.25, 0.3) is 0 Å². The molecule has 29 heavy (non-hydrogen) atoms. The minimum atomic E-state index is -0.339. The number of nitrogens with zero attached hydrogens (tertiary/aromatic N) is 1. The SMILES string of the molecule is C=CCOc1ccc(NC(=O)[C@@H]2CC(=O)N(Cc3ccc(C(C)C)cc3)C2)cc1. The first-order valence-electron chi connectivity index (χ1n) is 9.97. The number of rotatable bonds is 8. The Morgan fingerprint density at radius 3 is 2.52 bits per heavy atom. The summed E-state index contributed by atoms with van der Waals surface area (Å²) in [6.07, 6.45) is 1.92. The van der Waals surface area contributed by atoms with Gasteiger partial charge in [0.25, 0.3) is 0 Å². The fraction of sp³-hybridized carbons (Fsp3) is 0.333. The molecule has 0 saturated carbocycles. The molecule has 1 atom stereocenters. The quantitative estimate of drug-likeness (QED) is 0.679. The summed E-state index contributed by atoms with van der Waals surface area (Å²) in [6.45, 7) is 9.34. The van der Waals surface area contributed by atoms with Gasteiger partial charge in [0.15, 0.2) is 0 Å². The van der Waals surface area contributed by atoms with Gasteiger partial charge in [-0.1, -0.05) is 50.8 Å². The molecule has 3 rings (SSSR count). The van der Waals surface area contributed by atoms with Crippen LogP contribution in [0.1, 0.15) is 37.3 Å². The second kappa shape index (κ2) is 9.41. The van der Waals surface area contributed by atoms with Crippen LogP contribution in [-0.2, 0) is 16.1 Å². The first-order valence-corrected chi connectivity index (χ1v) is 9.97. The molecule has 0 radical (unpaired) electrons. The Labute approximate surface area is 172 Å². The summed E-state index contributed by atoms with van der Waals surface area (Å²) in [5.41, 5.74) is 3.05. The lowest BCUT2D eigenvalue weighted by molar-refractivity contribution is -0.128. The number of likely N-dealkylation sites (tertiary alicyclic amines) is 1. The van der Waals surface area contributed by atoms with E-state index >= 15 is 0 Å². The lowest BCUT2D eigenvalue weighted by Gasteiger charge is -2.17. The van der Waals surface area contributed by atoms with Gasteiger partial charge in [-0.3, -0.25) is 9.59 Å². The Bertz CT molecular complexity index is 857. The van der Waals surface area contributed by atoms with Crippen LogP contribution in [0.5, 0.6) is 5.75 Å². The van der Waals surface area contributed by atoms with Crippen molar-refractivity contribution < 1.29 is 14.3 Å². The Morgan fingerprint density at radius 1 is 1.21 bits per heavy atom. The standard InChI is InChI=1S/C24H28N2O3/c1-4-13-29-22-11-9-21(10-12-22)25-24(28)20-14-23(27)26(16-20)15-18-5-7-19(8-6-18)17(2)3/h4-12,17,20H,1,13-16H2,2-3H3,(H,25,28)/t20-/m1/s1. The van der Waals surface area contributed by atoms with E-state index in [2.05, 4.69) is 50.0 Å². The third-order valence-electron chi connectivity index (χ3n) is 5.09. The molecule has 0 aromatic heterocycles. The number of carbonyl (C=O) groups excluding carboxylic acids is 2. The van der Waals surface area contributed by atoms with Crippen LogP contribution < -0.4 is 10.1 Å². The van der Waals surface area contributed by atoms with Gasteiger partial charge in [-0.2, -0.15) is 0 Å². The molecule has 2 amide bonds. The third kappa shape index (κ3) is 5.47. The molecule has 1 fully saturated rings. The smallest absolute Gasteiger partial charge is 0.229 e. The molecule has 1 saturated heterocycles. The molecule has 2 aromatic rings. The van der Waals surface area contributed by atoms with E-state index in [4.69, 9.17) is 4.74 Å². The molecule has 152 valence electrons. The molecule has 0 spiro atoms. The number of anilines is 1. The number of ether oxygens (including phenoxy) is 1. The summed E-state index contributed by atoms with van der Waals surface area (Å²) in [5.74, 6) is 0.748. The Balaban J connectivity index is 1.54. The van der Waals surface area contributed by atoms with Crippen molar-refractivity contribution in [3.05, 3.63) is 72.3 Å². The topological polar surface area (TPSA) is 58.6 Å². The normalized spacial score (nSPS) is 16.2. The average Bonchev–Trinajstić information content (AvgIpc) is 3.08. The number of amides is 2. The largest absolute Gasteiger partial charge is 0.490 e. The van der Waals surface area contributed by atoms with E-state index in [-0.39, 0.29) is 24.2 Å². The van der Waals surface area contributed by atoms with Gasteiger partial charge in [0.05, 0.1) is 5.92 Å². The highest BCUT2D eigenvalue weighted by Gasteiger charge is 2.34. The van der Waals surface area contributed by atoms with Crippen molar-refractivity contribution in [2.45, 2.75) is 32.7 Å². The Morgan fingerprint density at radius 2 is 1.90 bits per heavy atom. The predicted molar refractivity (Wildman–Crippen MR) is 115 cm³/mol. The fourth-order valence-corrected chi connectivity index (χ4v) is 3.36. The lowest BCUT2D eigenvalue weighted by atomic mass is 10.0. The first-order chi connectivity index (χ1) is 14.0. The van der Waals surface area contributed by atoms with Crippen LogP contribution >= 0.6 is 0 Å². The fourth-order valence-electron chi connectivity index (χ4n) is 3.36. The van der Waals surface area contributed by atoms with Crippen molar-refractivity contribution in [3.8, 4) is 5.75 Å². The van der Waals surface area contributed by atoms with Crippen molar-refractivity contribution in [3.63, 3.8) is 0 Å². The highest BCUT2D eigenvalue weighted by molar-refractivity contribution is 5.97. The van der Waals surface area contributed by atoms with Crippen LogP contribution in [0.15, 0.2) is 61.2 Å². The van der Waals surface area contributed by atoms with Crippen LogP contribution in [0.3, 0.4) is 0 Å². The van der Waals surface area contributed by atoms with Crippen LogP contribution in [0, 0.1) is 5.92 Å². The number of benzene rings is 2. The number of carbonyl (C=O) groups is 2. The van der Waals surface area contributed by atoms with Crippen molar-refractivity contribution in [1.82, 2.24) is 4.90 Å². The second-order valence-corrected chi connectivity index (χ2v) is 7.68. The molecular formula is C24H28N2O3. The van der Waals surface area contributed by atoms with E-state index in [1.807, 2.05) is 0 Å². The predicted octanol–water partition coefficient (Wildman–Crippen LogP) is 4.36. The molecule has 1 aliphatic heterocycles. The van der Waals surface area contributed by atoms with E-state index in [9.17, 15) is 9.59 Å². The van der Waals surface area contributed by atoms with E-state index in [0.29, 0.717) is 37.1 Å². The number of hydrogen-bond acceptors (Lipinski definition) is 3. The summed E-state index contributed by atoms with van der Waals surface area (Å²) in [4.78, 5) is 26.8. The molecule has 1 aliphatic rings. The van der Waals surface area contributed by atoms with Crippen molar-refractivity contribution in [1.29, 1.82) is 0 Å². The van der Waals surface area contributed by atoms with Gasteiger partial charge in [0.1, 0.15) is 12.4 Å². The number of hydrogen-bond donors (Lipinski definition) is 1. The first kappa shape index (κ1) is 20.6. The zero-order valence-corrected chi connectivity index (χ0v) is 17.1. The van der Waals surface area contributed by atoms with Crippen molar-refractivity contribution in [2.24, 2.45) is 5.92 Å². The van der Waals surface area contributed by atoms with Gasteiger partial charge >= 0.3 is 0 Å². The average molecular weight is 392 g/mol. The van der Waals surface area contributed by atoms with Crippen molar-refractivity contribution in [2.75, 3.05) is 18.5 Å². The Kier molecular flexibility index (Phi) is 6.70. The maximum Gasteiger partial charge on any atom is 0.229 e. The summed E-state index contributed by atoms with van der Waals surface area (Å²) < 4.78 is 5.44. The van der Waals surface area contributed by atoms with E-state index in [0.717, 1.165) is 5.56 Å². The van der Waals surface area contributed by atoms with Gasteiger partial charge in [-0.05, 0) is 41.3 Å². The lowest BCUT2D eigenvalue weighted by Crippen LogP contribution is -2.28. The van der Waals surface area contributed by atoms with Gasteiger partial charge in [-0.15, -0.1) is 0 Å². The summed E-state index contributed by atoms with van der Waals surface area (Å²) >= 11 is 0. The number of nitrogens with one attached hydrogen (secondary N) is 1. The minimum absolute atomic E-state index is 0.0197. The molecule has 1 heterocycles. The Hall–Kier alpha value is -3.08. The minimum Gasteiger partial charge on any atom is -0.490 e. The maximum absolute atomic E-state index is 12.6.